The molecule has 2 heterocycles. The van der Waals surface area contributed by atoms with Gasteiger partial charge in [0.15, 0.2) is 5.78 Å². The van der Waals surface area contributed by atoms with E-state index in [1.807, 2.05) is 39.0 Å². The number of hydrogen-bond acceptors (Lipinski definition) is 6. The Morgan fingerprint density at radius 2 is 2.04 bits per heavy atom. The van der Waals surface area contributed by atoms with Crippen LogP contribution in [0.25, 0.3) is 5.57 Å². The number of hydrogen-bond donors (Lipinski definition) is 2. The third kappa shape index (κ3) is 4.63. The van der Waals surface area contributed by atoms with Crippen LogP contribution in [-0.2, 0) is 0 Å². The molecule has 6 nitrogen and oxygen atoms in total. The predicted molar refractivity (Wildman–Crippen MR) is 106 cm³/mol. The molecular formula is C20H23N5O. The zero-order valence-corrected chi connectivity index (χ0v) is 15.3. The number of nitrogen functional groups attached to an aromatic ring is 1. The first kappa shape index (κ1) is 19.1. The Labute approximate surface area is 153 Å². The van der Waals surface area contributed by atoms with Crippen LogP contribution in [0.4, 0.5) is 11.5 Å². The Morgan fingerprint density at radius 3 is 2.65 bits per heavy atom. The van der Waals surface area contributed by atoms with E-state index in [0.717, 1.165) is 16.9 Å². The number of aromatic nitrogens is 3. The van der Waals surface area contributed by atoms with E-state index in [1.54, 1.807) is 18.3 Å². The third-order valence-electron chi connectivity index (χ3n) is 3.76. The van der Waals surface area contributed by atoms with Crippen LogP contribution in [0.3, 0.4) is 0 Å². The van der Waals surface area contributed by atoms with Gasteiger partial charge in [-0.2, -0.15) is 0 Å². The summed E-state index contributed by atoms with van der Waals surface area (Å²) in [7, 11) is 0. The quantitative estimate of drug-likeness (QED) is 0.581. The fourth-order valence-corrected chi connectivity index (χ4v) is 2.25. The molecule has 134 valence electrons. The third-order valence-corrected chi connectivity index (χ3v) is 3.76. The summed E-state index contributed by atoms with van der Waals surface area (Å²) in [4.78, 5) is 24.2. The second-order valence-corrected chi connectivity index (χ2v) is 5.70. The van der Waals surface area contributed by atoms with E-state index in [0.29, 0.717) is 29.2 Å². The molecule has 0 bridgehead atoms. The monoisotopic (exact) mass is 349 g/mol. The minimum absolute atomic E-state index is 0.0187. The van der Waals surface area contributed by atoms with E-state index in [-0.39, 0.29) is 5.78 Å². The highest BCUT2D eigenvalue weighted by Crippen LogP contribution is 2.24. The van der Waals surface area contributed by atoms with E-state index >= 15 is 0 Å². The van der Waals surface area contributed by atoms with E-state index in [9.17, 15) is 4.79 Å². The minimum atomic E-state index is 0.0187. The van der Waals surface area contributed by atoms with Crippen LogP contribution in [0.5, 0.6) is 0 Å². The maximum Gasteiger partial charge on any atom is 0.180 e. The largest absolute Gasteiger partial charge is 0.384 e. The van der Waals surface area contributed by atoms with Gasteiger partial charge in [-0.05, 0) is 31.6 Å². The number of nitrogens with two attached hydrogens (primary N) is 1. The fraction of sp³-hybridized carbons (Fsp3) is 0.200. The van der Waals surface area contributed by atoms with Crippen molar-refractivity contribution in [2.45, 2.75) is 27.2 Å². The lowest BCUT2D eigenvalue weighted by Crippen LogP contribution is -2.07. The van der Waals surface area contributed by atoms with Gasteiger partial charge >= 0.3 is 0 Å². The number of allylic oxidation sites excluding steroid dienone is 4. The van der Waals surface area contributed by atoms with E-state index in [2.05, 4.69) is 26.8 Å². The predicted octanol–water partition coefficient (Wildman–Crippen LogP) is 3.94. The van der Waals surface area contributed by atoms with Crippen LogP contribution in [-0.4, -0.2) is 20.7 Å². The van der Waals surface area contributed by atoms with Crippen molar-refractivity contribution in [3.8, 4) is 0 Å². The number of ketones is 1. The molecule has 0 aliphatic carbocycles. The minimum Gasteiger partial charge on any atom is -0.384 e. The number of pyridine rings is 1. The summed E-state index contributed by atoms with van der Waals surface area (Å²) in [5.41, 5.74) is 9.97. The molecule has 0 fully saturated rings. The maximum absolute atomic E-state index is 11.8. The highest BCUT2D eigenvalue weighted by Gasteiger charge is 2.12. The number of nitrogens with zero attached hydrogens (tertiary/aromatic N) is 3. The molecule has 0 amide bonds. The smallest absolute Gasteiger partial charge is 0.180 e. The zero-order chi connectivity index (χ0) is 19.1. The molecular weight excluding hydrogens is 326 g/mol. The van der Waals surface area contributed by atoms with Crippen molar-refractivity contribution >= 4 is 22.9 Å². The molecule has 6 heteroatoms. The second kappa shape index (κ2) is 8.71. The Hall–Kier alpha value is -3.28. The summed E-state index contributed by atoms with van der Waals surface area (Å²) in [6.07, 6.45) is 9.19. The molecule has 0 saturated carbocycles. The molecule has 0 atom stereocenters. The number of carbonyl (C=O) groups excluding carboxylic acids is 1. The number of aryl methyl sites for hydroxylation is 1. The number of Topliss-reactive ketones (excluding diaryl/α,β-unsaturated/α-hetero) is 1. The van der Waals surface area contributed by atoms with Crippen LogP contribution in [0, 0.1) is 6.92 Å². The first-order valence-corrected chi connectivity index (χ1v) is 8.33. The molecule has 0 aliphatic rings. The average Bonchev–Trinajstić information content (AvgIpc) is 2.65. The highest BCUT2D eigenvalue weighted by atomic mass is 16.1. The van der Waals surface area contributed by atoms with Crippen molar-refractivity contribution in [2.75, 3.05) is 11.1 Å². The van der Waals surface area contributed by atoms with Gasteiger partial charge in [0, 0.05) is 23.8 Å². The van der Waals surface area contributed by atoms with Crippen LogP contribution < -0.4 is 11.1 Å². The van der Waals surface area contributed by atoms with Crippen LogP contribution in [0.2, 0.25) is 0 Å². The van der Waals surface area contributed by atoms with Gasteiger partial charge in [0.1, 0.15) is 17.8 Å². The maximum atomic E-state index is 11.8. The van der Waals surface area contributed by atoms with E-state index in [4.69, 9.17) is 5.73 Å². The van der Waals surface area contributed by atoms with Crippen molar-refractivity contribution in [3.63, 3.8) is 0 Å². The van der Waals surface area contributed by atoms with Crippen molar-refractivity contribution in [2.24, 2.45) is 0 Å². The highest BCUT2D eigenvalue weighted by molar-refractivity contribution is 5.94. The number of rotatable bonds is 7. The van der Waals surface area contributed by atoms with Gasteiger partial charge < -0.3 is 11.1 Å². The lowest BCUT2D eigenvalue weighted by Gasteiger charge is -2.15. The number of anilines is 2. The van der Waals surface area contributed by atoms with Gasteiger partial charge in [-0.25, -0.2) is 9.97 Å². The van der Waals surface area contributed by atoms with Crippen molar-refractivity contribution in [1.82, 2.24) is 15.0 Å². The molecule has 26 heavy (non-hydrogen) atoms. The summed E-state index contributed by atoms with van der Waals surface area (Å²) < 4.78 is 0. The molecule has 0 aromatic carbocycles. The lowest BCUT2D eigenvalue weighted by atomic mass is 10.1. The van der Waals surface area contributed by atoms with Gasteiger partial charge in [0.25, 0.3) is 0 Å². The van der Waals surface area contributed by atoms with E-state index < -0.39 is 0 Å². The van der Waals surface area contributed by atoms with Crippen molar-refractivity contribution < 1.29 is 4.79 Å². The molecule has 0 saturated heterocycles. The van der Waals surface area contributed by atoms with Crippen LogP contribution in [0.15, 0.2) is 55.2 Å². The summed E-state index contributed by atoms with van der Waals surface area (Å²) in [6.45, 7) is 9.79. The van der Waals surface area contributed by atoms with Crippen LogP contribution in [0.1, 0.15) is 42.0 Å². The number of carbonyl (C=O) groups is 1. The summed E-state index contributed by atoms with van der Waals surface area (Å²) in [6, 6.07) is 3.45. The lowest BCUT2D eigenvalue weighted by molar-refractivity contribution is 0.0983. The van der Waals surface area contributed by atoms with Crippen LogP contribution >= 0.6 is 0 Å². The summed E-state index contributed by atoms with van der Waals surface area (Å²) in [5, 5.41) is 3.32. The average molecular weight is 349 g/mol. The first-order chi connectivity index (χ1) is 12.5. The molecule has 0 radical (unpaired) electrons. The molecule has 0 aliphatic heterocycles. The normalized spacial score (nSPS) is 11.6. The molecule has 0 spiro atoms. The summed E-state index contributed by atoms with van der Waals surface area (Å²) in [5.74, 6) is 0.395. The van der Waals surface area contributed by atoms with Gasteiger partial charge in [0.05, 0.1) is 17.6 Å². The Morgan fingerprint density at radius 1 is 1.27 bits per heavy atom. The van der Waals surface area contributed by atoms with Gasteiger partial charge in [0.2, 0.25) is 0 Å². The van der Waals surface area contributed by atoms with Crippen molar-refractivity contribution in [3.05, 3.63) is 72.1 Å². The molecule has 0 unspecified atom stereocenters. The topological polar surface area (TPSA) is 93.8 Å². The van der Waals surface area contributed by atoms with Gasteiger partial charge in [-0.3, -0.25) is 9.78 Å². The zero-order valence-electron chi connectivity index (χ0n) is 15.3. The first-order valence-electron chi connectivity index (χ1n) is 8.33. The Kier molecular flexibility index (Phi) is 6.38. The fourth-order valence-electron chi connectivity index (χ4n) is 2.25. The molecule has 2 aromatic heterocycles. The number of nitrogens with one attached hydrogen (secondary N) is 1. The molecule has 3 N–H and O–H groups in total. The van der Waals surface area contributed by atoms with Crippen molar-refractivity contribution in [1.29, 1.82) is 0 Å². The van der Waals surface area contributed by atoms with E-state index in [1.165, 1.54) is 6.33 Å². The molecule has 2 aromatic rings. The SMILES string of the molecule is C=C(/C(=C\C=C/C)Nc1cnc(C(=O)CC)cc1C)c1cc(N)ncn1. The Balaban J connectivity index is 2.34. The second-order valence-electron chi connectivity index (χ2n) is 5.70. The van der Waals surface area contributed by atoms with Gasteiger partial charge in [-0.15, -0.1) is 0 Å². The summed E-state index contributed by atoms with van der Waals surface area (Å²) >= 11 is 0. The Bertz CT molecular complexity index is 884. The molecule has 2 rings (SSSR count). The van der Waals surface area contributed by atoms with Gasteiger partial charge in [-0.1, -0.05) is 25.7 Å². The standard InChI is InChI=1S/C20H23N5O/c1-5-7-8-15(14(4)16-10-20(21)24-12-23-16)25-18-11-22-17(9-13(18)3)19(26)6-2/h5,7-12,25H,4,6H2,1-3H3,(H2,21,23,24)/b7-5-,15-8+.